The van der Waals surface area contributed by atoms with E-state index in [0.717, 1.165) is 28.0 Å². The Labute approximate surface area is 155 Å². The summed E-state index contributed by atoms with van der Waals surface area (Å²) in [5.74, 6) is 0. The smallest absolute Gasteiger partial charge is 0.0901 e. The van der Waals surface area contributed by atoms with Crippen LogP contribution in [0.5, 0.6) is 0 Å². The van der Waals surface area contributed by atoms with Gasteiger partial charge in [-0.15, -0.1) is 0 Å². The lowest BCUT2D eigenvalue weighted by atomic mass is 10.2. The van der Waals surface area contributed by atoms with Crippen LogP contribution in [-0.4, -0.2) is 21.2 Å². The van der Waals surface area contributed by atoms with E-state index in [9.17, 15) is 0 Å². The van der Waals surface area contributed by atoms with Gasteiger partial charge in [0, 0.05) is 55.0 Å². The number of nitrogens with one attached hydrogen (secondary N) is 1. The van der Waals surface area contributed by atoms with Crippen molar-refractivity contribution in [2.24, 2.45) is 4.99 Å². The molecule has 0 fully saturated rings. The third-order valence-electron chi connectivity index (χ3n) is 3.92. The van der Waals surface area contributed by atoms with Gasteiger partial charge in [-0.1, -0.05) is 11.6 Å². The number of halogens is 1. The van der Waals surface area contributed by atoms with Gasteiger partial charge in [0.2, 0.25) is 0 Å². The largest absolute Gasteiger partial charge is 0.378 e. The summed E-state index contributed by atoms with van der Waals surface area (Å²) in [4.78, 5) is 18.9. The molecule has 26 heavy (non-hydrogen) atoms. The van der Waals surface area contributed by atoms with Crippen LogP contribution in [0, 0.1) is 0 Å². The number of fused-ring (bicyclic) bond motifs is 1. The van der Waals surface area contributed by atoms with Crippen LogP contribution in [0.1, 0.15) is 5.56 Å². The van der Waals surface area contributed by atoms with E-state index >= 15 is 0 Å². The standard InChI is InChI=1S/C19H15ClN6/c20-15-11-17-16(23-5-6-24-17)10-14(15)12-25-18-13-22-4-2-19(18)26-8-1-3-21-7-9-26/h1-11,13,25H,12H2. The van der Waals surface area contributed by atoms with Crippen molar-refractivity contribution in [3.8, 4) is 0 Å². The fourth-order valence-electron chi connectivity index (χ4n) is 2.65. The minimum absolute atomic E-state index is 0.543. The van der Waals surface area contributed by atoms with Crippen molar-refractivity contribution in [2.45, 2.75) is 6.54 Å². The van der Waals surface area contributed by atoms with Crippen LogP contribution in [0.4, 0.5) is 11.4 Å². The second-order valence-electron chi connectivity index (χ2n) is 5.58. The molecule has 0 aliphatic carbocycles. The Kier molecular flexibility index (Phi) is 4.57. The first kappa shape index (κ1) is 16.2. The average molecular weight is 363 g/mol. The molecule has 3 aromatic rings. The highest BCUT2D eigenvalue weighted by Gasteiger charge is 2.10. The van der Waals surface area contributed by atoms with Gasteiger partial charge in [0.15, 0.2) is 0 Å². The summed E-state index contributed by atoms with van der Waals surface area (Å²) in [6, 6.07) is 5.73. The van der Waals surface area contributed by atoms with Gasteiger partial charge in [0.05, 0.1) is 28.6 Å². The maximum atomic E-state index is 6.41. The van der Waals surface area contributed by atoms with Gasteiger partial charge in [-0.3, -0.25) is 19.9 Å². The van der Waals surface area contributed by atoms with Crippen molar-refractivity contribution in [3.05, 3.63) is 78.2 Å². The number of anilines is 2. The van der Waals surface area contributed by atoms with Gasteiger partial charge in [-0.2, -0.15) is 0 Å². The monoisotopic (exact) mass is 362 g/mol. The summed E-state index contributed by atoms with van der Waals surface area (Å²) < 4.78 is 0. The van der Waals surface area contributed by atoms with Crippen LogP contribution in [0.2, 0.25) is 5.02 Å². The third kappa shape index (κ3) is 3.41. The lowest BCUT2D eigenvalue weighted by Crippen LogP contribution is -2.11. The van der Waals surface area contributed by atoms with E-state index in [1.165, 1.54) is 0 Å². The third-order valence-corrected chi connectivity index (χ3v) is 4.27. The van der Waals surface area contributed by atoms with Gasteiger partial charge in [-0.25, -0.2) is 0 Å². The molecule has 3 heterocycles. The van der Waals surface area contributed by atoms with Crippen LogP contribution in [0.15, 0.2) is 72.7 Å². The molecule has 0 bridgehead atoms. The first-order chi connectivity index (χ1) is 12.8. The molecule has 0 saturated heterocycles. The molecule has 128 valence electrons. The minimum Gasteiger partial charge on any atom is -0.378 e. The zero-order valence-corrected chi connectivity index (χ0v) is 14.5. The van der Waals surface area contributed by atoms with E-state index in [1.807, 2.05) is 41.6 Å². The fraction of sp³-hybridized carbons (Fsp3) is 0.0526. The van der Waals surface area contributed by atoms with Gasteiger partial charge < -0.3 is 10.2 Å². The highest BCUT2D eigenvalue weighted by atomic mass is 35.5. The molecule has 1 aromatic carbocycles. The first-order valence-corrected chi connectivity index (χ1v) is 8.41. The summed E-state index contributed by atoms with van der Waals surface area (Å²) in [5.41, 5.74) is 4.40. The van der Waals surface area contributed by atoms with Crippen molar-refractivity contribution >= 4 is 40.2 Å². The van der Waals surface area contributed by atoms with Crippen LogP contribution < -0.4 is 10.2 Å². The van der Waals surface area contributed by atoms with Gasteiger partial charge >= 0.3 is 0 Å². The second kappa shape index (κ2) is 7.33. The number of hydrogen-bond donors (Lipinski definition) is 1. The Morgan fingerprint density at radius 1 is 1.04 bits per heavy atom. The quantitative estimate of drug-likeness (QED) is 0.754. The van der Waals surface area contributed by atoms with E-state index < -0.39 is 0 Å². The van der Waals surface area contributed by atoms with Crippen LogP contribution in [0.25, 0.3) is 11.0 Å². The number of nitrogens with zero attached hydrogens (tertiary/aromatic N) is 5. The van der Waals surface area contributed by atoms with Crippen molar-refractivity contribution in [3.63, 3.8) is 0 Å². The molecule has 0 amide bonds. The predicted octanol–water partition coefficient (Wildman–Crippen LogP) is 4.17. The predicted molar refractivity (Wildman–Crippen MR) is 105 cm³/mol. The maximum Gasteiger partial charge on any atom is 0.0901 e. The number of rotatable bonds is 4. The number of aromatic nitrogens is 3. The lowest BCUT2D eigenvalue weighted by molar-refractivity contribution is 1.12. The van der Waals surface area contributed by atoms with E-state index in [-0.39, 0.29) is 0 Å². The average Bonchev–Trinajstić information content (AvgIpc) is 2.96. The normalized spacial score (nSPS) is 13.2. The summed E-state index contributed by atoms with van der Waals surface area (Å²) in [5, 5.41) is 4.06. The number of benzene rings is 1. The molecule has 2 aromatic heterocycles. The van der Waals surface area contributed by atoms with Crippen molar-refractivity contribution in [2.75, 3.05) is 10.2 Å². The molecule has 0 radical (unpaired) electrons. The molecule has 1 N–H and O–H groups in total. The van der Waals surface area contributed by atoms with E-state index in [4.69, 9.17) is 11.6 Å². The molecule has 7 heteroatoms. The SMILES string of the molecule is Clc1cc2nccnc2cc1CNc1cnccc1N1C=CC=NC=C1. The summed E-state index contributed by atoms with van der Waals surface area (Å²) in [6.07, 6.45) is 16.1. The molecule has 1 aliphatic rings. The Morgan fingerprint density at radius 3 is 2.77 bits per heavy atom. The minimum atomic E-state index is 0.543. The zero-order chi connectivity index (χ0) is 17.8. The van der Waals surface area contributed by atoms with E-state index in [0.29, 0.717) is 11.6 Å². The number of pyridine rings is 1. The van der Waals surface area contributed by atoms with Crippen LogP contribution in [0.3, 0.4) is 0 Å². The van der Waals surface area contributed by atoms with Gasteiger partial charge in [0.25, 0.3) is 0 Å². The highest BCUT2D eigenvalue weighted by Crippen LogP contribution is 2.28. The maximum absolute atomic E-state index is 6.41. The molecule has 1 aliphatic heterocycles. The van der Waals surface area contributed by atoms with Gasteiger partial charge in [-0.05, 0) is 29.8 Å². The first-order valence-electron chi connectivity index (χ1n) is 8.03. The molecule has 6 nitrogen and oxygen atoms in total. The van der Waals surface area contributed by atoms with E-state index in [2.05, 4.69) is 25.3 Å². The topological polar surface area (TPSA) is 66.3 Å². The van der Waals surface area contributed by atoms with E-state index in [1.54, 1.807) is 37.2 Å². The number of allylic oxidation sites excluding steroid dienone is 1. The zero-order valence-electron chi connectivity index (χ0n) is 13.7. The summed E-state index contributed by atoms with van der Waals surface area (Å²) in [7, 11) is 0. The molecule has 0 saturated carbocycles. The molecule has 0 atom stereocenters. The highest BCUT2D eigenvalue weighted by molar-refractivity contribution is 6.32. The van der Waals surface area contributed by atoms with Gasteiger partial charge in [0.1, 0.15) is 0 Å². The number of aliphatic imine (C=N–C) groups is 1. The van der Waals surface area contributed by atoms with Crippen molar-refractivity contribution < 1.29 is 0 Å². The summed E-state index contributed by atoms with van der Waals surface area (Å²) >= 11 is 6.41. The molecule has 0 spiro atoms. The Hall–Kier alpha value is -3.25. The number of hydrogen-bond acceptors (Lipinski definition) is 6. The Balaban J connectivity index is 1.60. The Bertz CT molecular complexity index is 1010. The van der Waals surface area contributed by atoms with Crippen LogP contribution in [-0.2, 0) is 6.54 Å². The Morgan fingerprint density at radius 2 is 1.88 bits per heavy atom. The lowest BCUT2D eigenvalue weighted by Gasteiger charge is -2.19. The molecular formula is C19H15ClN6. The second-order valence-corrected chi connectivity index (χ2v) is 5.99. The van der Waals surface area contributed by atoms with Crippen molar-refractivity contribution in [1.29, 1.82) is 0 Å². The fourth-order valence-corrected chi connectivity index (χ4v) is 2.88. The molecule has 4 rings (SSSR count). The van der Waals surface area contributed by atoms with Crippen molar-refractivity contribution in [1.82, 2.24) is 15.0 Å². The van der Waals surface area contributed by atoms with Crippen LogP contribution >= 0.6 is 11.6 Å². The molecule has 0 unspecified atom stereocenters. The summed E-state index contributed by atoms with van der Waals surface area (Å²) in [6.45, 7) is 0.543. The molecular weight excluding hydrogens is 348 g/mol.